The molecule has 0 N–H and O–H groups in total. The maximum Gasteiger partial charge on any atom is 0.341 e. The molecule has 1 aliphatic carbocycles. The Morgan fingerprint density at radius 2 is 2.13 bits per heavy atom. The summed E-state index contributed by atoms with van der Waals surface area (Å²) in [5, 5.41) is 1.08. The van der Waals surface area contributed by atoms with E-state index in [1.807, 2.05) is 49.6 Å². The van der Waals surface area contributed by atoms with Crippen LogP contribution in [0.2, 0.25) is 0 Å². The summed E-state index contributed by atoms with van der Waals surface area (Å²) >= 11 is 0. The lowest BCUT2D eigenvalue weighted by Gasteiger charge is -2.22. The lowest BCUT2D eigenvalue weighted by atomic mass is 10.1. The van der Waals surface area contributed by atoms with Gasteiger partial charge in [0.15, 0.2) is 0 Å². The van der Waals surface area contributed by atoms with Gasteiger partial charge in [-0.15, -0.1) is 0 Å². The number of fused-ring (bicyclic) bond motifs is 1. The van der Waals surface area contributed by atoms with Crippen molar-refractivity contribution in [3.63, 3.8) is 0 Å². The number of aromatic nitrogens is 2. The van der Waals surface area contributed by atoms with Crippen molar-refractivity contribution in [3.05, 3.63) is 72.5 Å². The van der Waals surface area contributed by atoms with Crippen LogP contribution < -0.4 is 4.90 Å². The van der Waals surface area contributed by atoms with Crippen molar-refractivity contribution in [1.82, 2.24) is 9.55 Å². The molecule has 0 amide bonds. The molecule has 1 fully saturated rings. The zero-order valence-corrected chi connectivity index (χ0v) is 17.5. The van der Waals surface area contributed by atoms with Gasteiger partial charge < -0.3 is 18.9 Å². The molecule has 2 aromatic heterocycles. The Balaban J connectivity index is 1.80. The van der Waals surface area contributed by atoms with E-state index in [4.69, 9.17) is 9.47 Å². The van der Waals surface area contributed by atoms with Gasteiger partial charge in [0.1, 0.15) is 11.4 Å². The van der Waals surface area contributed by atoms with Gasteiger partial charge >= 0.3 is 5.97 Å². The van der Waals surface area contributed by atoms with E-state index in [2.05, 4.69) is 28.3 Å². The van der Waals surface area contributed by atoms with E-state index in [9.17, 15) is 4.79 Å². The van der Waals surface area contributed by atoms with Gasteiger partial charge in [-0.1, -0.05) is 6.58 Å². The zero-order chi connectivity index (χ0) is 21.3. The van der Waals surface area contributed by atoms with Gasteiger partial charge in [-0.2, -0.15) is 0 Å². The number of esters is 1. The first-order valence-electron chi connectivity index (χ1n) is 9.87. The van der Waals surface area contributed by atoms with Crippen LogP contribution in [0, 0.1) is 0 Å². The fraction of sp³-hybridized carbons (Fsp3) is 0.250. The summed E-state index contributed by atoms with van der Waals surface area (Å²) in [6.07, 6.45) is 11.0. The highest BCUT2D eigenvalue weighted by Gasteiger charge is 2.27. The number of anilines is 2. The molecule has 1 aromatic carbocycles. The van der Waals surface area contributed by atoms with Crippen LogP contribution in [0.4, 0.5) is 11.5 Å². The first kappa shape index (κ1) is 19.8. The van der Waals surface area contributed by atoms with Crippen LogP contribution in [0.3, 0.4) is 0 Å². The molecular formula is C24H25N3O3. The van der Waals surface area contributed by atoms with Gasteiger partial charge in [-0.25, -0.2) is 9.78 Å². The van der Waals surface area contributed by atoms with Gasteiger partial charge in [-0.05, 0) is 54.7 Å². The molecule has 0 saturated heterocycles. The van der Waals surface area contributed by atoms with Crippen molar-refractivity contribution in [2.45, 2.75) is 18.8 Å². The number of benzene rings is 1. The summed E-state index contributed by atoms with van der Waals surface area (Å²) in [5.74, 6) is 0.688. The minimum Gasteiger partial charge on any atom is -0.473 e. The Morgan fingerprint density at radius 3 is 2.83 bits per heavy atom. The quantitative estimate of drug-likeness (QED) is 0.404. The van der Waals surface area contributed by atoms with Gasteiger partial charge in [0.25, 0.3) is 0 Å². The summed E-state index contributed by atoms with van der Waals surface area (Å²) in [5.41, 5.74) is 4.55. The number of hydrogen-bond donors (Lipinski definition) is 0. The molecule has 0 bridgehead atoms. The molecule has 6 nitrogen and oxygen atoms in total. The van der Waals surface area contributed by atoms with E-state index in [0.29, 0.717) is 17.3 Å². The molecule has 0 aliphatic heterocycles. The lowest BCUT2D eigenvalue weighted by molar-refractivity contribution is 0.0601. The van der Waals surface area contributed by atoms with E-state index in [1.165, 1.54) is 13.4 Å². The standard InChI is InChI=1S/C24H25N3O3/c1-5-30-11-9-18-13-20(12-17-8-10-26(2)22(17)18)27(3)23-21(24(28)29-4)14-19(15-25-23)16-6-7-16/h5,8-16H,1,6-7H2,2-4H3/b11-9+. The van der Waals surface area contributed by atoms with Crippen molar-refractivity contribution in [1.29, 1.82) is 0 Å². The van der Waals surface area contributed by atoms with Gasteiger partial charge in [-0.3, -0.25) is 0 Å². The largest absolute Gasteiger partial charge is 0.473 e. The van der Waals surface area contributed by atoms with E-state index < -0.39 is 0 Å². The molecule has 1 aliphatic rings. The van der Waals surface area contributed by atoms with Crippen LogP contribution in [-0.2, 0) is 16.5 Å². The third-order valence-electron chi connectivity index (χ3n) is 5.45. The highest BCUT2D eigenvalue weighted by atomic mass is 16.5. The Bertz CT molecular complexity index is 1140. The van der Waals surface area contributed by atoms with Crippen molar-refractivity contribution < 1.29 is 14.3 Å². The number of carbonyl (C=O) groups is 1. The number of nitrogens with zero attached hydrogens (tertiary/aromatic N) is 3. The lowest BCUT2D eigenvalue weighted by Crippen LogP contribution is -2.17. The average Bonchev–Trinajstić information content (AvgIpc) is 3.55. The number of aryl methyl sites for hydroxylation is 1. The fourth-order valence-electron chi connectivity index (χ4n) is 3.72. The second kappa shape index (κ2) is 8.06. The number of hydrogen-bond acceptors (Lipinski definition) is 5. The Labute approximate surface area is 176 Å². The maximum absolute atomic E-state index is 12.5. The Morgan fingerprint density at radius 1 is 1.33 bits per heavy atom. The SMILES string of the molecule is C=CO/C=C/c1cc(N(C)c2ncc(C3CC3)cc2C(=O)OC)cc2ccn(C)c12. The van der Waals surface area contributed by atoms with Crippen LogP contribution in [-0.4, -0.2) is 29.7 Å². The molecule has 0 radical (unpaired) electrons. The molecule has 6 heteroatoms. The molecule has 30 heavy (non-hydrogen) atoms. The van der Waals surface area contributed by atoms with Gasteiger partial charge in [0.2, 0.25) is 0 Å². The van der Waals surface area contributed by atoms with E-state index >= 15 is 0 Å². The van der Waals surface area contributed by atoms with Crippen LogP contribution >= 0.6 is 0 Å². The van der Waals surface area contributed by atoms with Crippen molar-refractivity contribution in [3.8, 4) is 0 Å². The van der Waals surface area contributed by atoms with E-state index in [1.54, 1.807) is 6.26 Å². The second-order valence-electron chi connectivity index (χ2n) is 7.47. The molecule has 154 valence electrons. The molecule has 0 atom stereocenters. The molecule has 3 aromatic rings. The predicted octanol–water partition coefficient (Wildman–Crippen LogP) is 5.14. The van der Waals surface area contributed by atoms with Crippen LogP contribution in [0.15, 0.2) is 55.8 Å². The first-order valence-corrected chi connectivity index (χ1v) is 9.87. The summed E-state index contributed by atoms with van der Waals surface area (Å²) in [6, 6.07) is 8.10. The Kier molecular flexibility index (Phi) is 5.31. The highest BCUT2D eigenvalue weighted by molar-refractivity contribution is 5.97. The number of rotatable bonds is 7. The van der Waals surface area contributed by atoms with Crippen LogP contribution in [0.1, 0.15) is 40.2 Å². The van der Waals surface area contributed by atoms with Gasteiger partial charge in [0.05, 0.1) is 25.2 Å². The van der Waals surface area contributed by atoms with Crippen molar-refractivity contribution in [2.24, 2.45) is 7.05 Å². The monoisotopic (exact) mass is 403 g/mol. The number of carbonyl (C=O) groups excluding carboxylic acids is 1. The van der Waals surface area contributed by atoms with Crippen LogP contribution in [0.25, 0.3) is 17.0 Å². The van der Waals surface area contributed by atoms with Gasteiger partial charge in [0, 0.05) is 43.1 Å². The van der Waals surface area contributed by atoms with Crippen molar-refractivity contribution >= 4 is 34.5 Å². The maximum atomic E-state index is 12.5. The third-order valence-corrected chi connectivity index (χ3v) is 5.45. The minimum atomic E-state index is -0.382. The number of ether oxygens (including phenoxy) is 2. The predicted molar refractivity (Wildman–Crippen MR) is 119 cm³/mol. The normalized spacial score (nSPS) is 13.6. The number of pyridine rings is 1. The second-order valence-corrected chi connectivity index (χ2v) is 7.47. The van der Waals surface area contributed by atoms with E-state index in [0.717, 1.165) is 40.6 Å². The topological polar surface area (TPSA) is 56.6 Å². The van der Waals surface area contributed by atoms with Crippen molar-refractivity contribution in [2.75, 3.05) is 19.1 Å². The molecule has 1 saturated carbocycles. The minimum absolute atomic E-state index is 0.382. The first-order chi connectivity index (χ1) is 14.5. The summed E-state index contributed by atoms with van der Waals surface area (Å²) in [4.78, 5) is 19.1. The molecular weight excluding hydrogens is 378 g/mol. The fourth-order valence-corrected chi connectivity index (χ4v) is 3.72. The van der Waals surface area contributed by atoms with Crippen LogP contribution in [0.5, 0.6) is 0 Å². The Hall–Kier alpha value is -3.54. The summed E-state index contributed by atoms with van der Waals surface area (Å²) in [6.45, 7) is 3.57. The smallest absolute Gasteiger partial charge is 0.341 e. The average molecular weight is 403 g/mol. The molecule has 2 heterocycles. The van der Waals surface area contributed by atoms with E-state index in [-0.39, 0.29) is 5.97 Å². The third kappa shape index (κ3) is 3.68. The summed E-state index contributed by atoms with van der Waals surface area (Å²) < 4.78 is 12.3. The zero-order valence-electron chi connectivity index (χ0n) is 17.5. The summed E-state index contributed by atoms with van der Waals surface area (Å²) in [7, 11) is 5.31. The molecule has 0 spiro atoms. The number of methoxy groups -OCH3 is 1. The molecule has 4 rings (SSSR count). The molecule has 0 unspecified atom stereocenters. The highest BCUT2D eigenvalue weighted by Crippen LogP contribution is 2.41.